The minimum atomic E-state index is -0.218. The molecule has 6 rings (SSSR count). The number of hydrogen-bond acceptors (Lipinski definition) is 5. The first-order chi connectivity index (χ1) is 21.0. The van der Waals surface area contributed by atoms with Gasteiger partial charge in [-0.3, -0.25) is 4.79 Å². The normalized spacial score (nSPS) is 16.4. The molecule has 7 heteroatoms. The molecule has 7 nitrogen and oxygen atoms in total. The molecule has 4 aromatic rings. The van der Waals surface area contributed by atoms with Crippen molar-refractivity contribution in [3.8, 4) is 0 Å². The number of aromatic nitrogens is 2. The van der Waals surface area contributed by atoms with Crippen molar-refractivity contribution in [2.75, 3.05) is 48.7 Å². The number of amides is 1. The zero-order chi connectivity index (χ0) is 29.6. The monoisotopic (exact) mass is 576 g/mol. The van der Waals surface area contributed by atoms with Crippen molar-refractivity contribution in [2.24, 2.45) is 0 Å². The number of rotatable bonds is 10. The zero-order valence-corrected chi connectivity index (χ0v) is 25.2. The second-order valence-electron chi connectivity index (χ2n) is 12.1. The first kappa shape index (κ1) is 29.0. The predicted molar refractivity (Wildman–Crippen MR) is 178 cm³/mol. The molecule has 1 amide bonds. The number of nitrogens with two attached hydrogens (primary N) is 1. The van der Waals surface area contributed by atoms with Crippen LogP contribution in [-0.2, 0) is 17.8 Å². The van der Waals surface area contributed by atoms with Crippen molar-refractivity contribution in [3.05, 3.63) is 96.3 Å². The van der Waals surface area contributed by atoms with E-state index in [1.807, 2.05) is 42.5 Å². The third kappa shape index (κ3) is 6.94. The van der Waals surface area contributed by atoms with Crippen LogP contribution in [0.5, 0.6) is 0 Å². The van der Waals surface area contributed by atoms with Crippen molar-refractivity contribution in [1.29, 1.82) is 0 Å². The Balaban J connectivity index is 1.22. The van der Waals surface area contributed by atoms with Gasteiger partial charge in [0.15, 0.2) is 0 Å². The summed E-state index contributed by atoms with van der Waals surface area (Å²) >= 11 is 0. The third-order valence-corrected chi connectivity index (χ3v) is 9.06. The average molecular weight is 577 g/mol. The van der Waals surface area contributed by atoms with Crippen LogP contribution in [-0.4, -0.2) is 53.1 Å². The van der Waals surface area contributed by atoms with Crippen molar-refractivity contribution >= 4 is 34.0 Å². The summed E-state index contributed by atoms with van der Waals surface area (Å²) < 4.78 is 2.42. The van der Waals surface area contributed by atoms with Crippen LogP contribution in [0.15, 0.2) is 84.9 Å². The fourth-order valence-corrected chi connectivity index (χ4v) is 6.66. The molecule has 0 atom stereocenters. The summed E-state index contributed by atoms with van der Waals surface area (Å²) in [6.45, 7) is 10.5. The maximum Gasteiger partial charge on any atom is 0.251 e. The van der Waals surface area contributed by atoms with E-state index in [-0.39, 0.29) is 5.91 Å². The molecule has 1 aromatic heterocycles. The van der Waals surface area contributed by atoms with Crippen molar-refractivity contribution in [2.45, 2.75) is 57.4 Å². The molecule has 0 unspecified atom stereocenters. The highest BCUT2D eigenvalue weighted by Crippen LogP contribution is 2.35. The van der Waals surface area contributed by atoms with E-state index < -0.39 is 0 Å². The number of carbonyl (C=O) groups excluding carboxylic acids is 1. The summed E-state index contributed by atoms with van der Waals surface area (Å²) in [4.78, 5) is 23.4. The smallest absolute Gasteiger partial charge is 0.251 e. The van der Waals surface area contributed by atoms with Crippen molar-refractivity contribution < 1.29 is 4.79 Å². The first-order valence-corrected chi connectivity index (χ1v) is 15.9. The summed E-state index contributed by atoms with van der Waals surface area (Å²) in [6, 6.07) is 24.6. The lowest BCUT2D eigenvalue weighted by atomic mass is 9.95. The van der Waals surface area contributed by atoms with Gasteiger partial charge in [0, 0.05) is 43.2 Å². The van der Waals surface area contributed by atoms with Gasteiger partial charge >= 0.3 is 0 Å². The fourth-order valence-electron chi connectivity index (χ4n) is 6.66. The van der Waals surface area contributed by atoms with Gasteiger partial charge in [-0.15, -0.1) is 0 Å². The van der Waals surface area contributed by atoms with Crippen LogP contribution in [0, 0.1) is 0 Å². The molecule has 0 bridgehead atoms. The molecule has 2 aliphatic heterocycles. The molecule has 224 valence electrons. The van der Waals surface area contributed by atoms with Crippen LogP contribution in [0.4, 0.5) is 17.1 Å². The first-order valence-electron chi connectivity index (χ1n) is 15.9. The summed E-state index contributed by atoms with van der Waals surface area (Å²) in [5, 5.41) is 3.01. The Kier molecular flexibility index (Phi) is 9.08. The van der Waals surface area contributed by atoms with Crippen LogP contribution >= 0.6 is 0 Å². The Hall–Kier alpha value is -4.10. The van der Waals surface area contributed by atoms with Crippen LogP contribution in [0.2, 0.25) is 0 Å². The highest BCUT2D eigenvalue weighted by atomic mass is 16.1. The SMILES string of the molecule is C=C(Cc1ccccc1)C(=O)Nc1cc2nc(C3CCN(c4ccccc4)CC3)n(CCCN3CCCCC3)c2cc1N. The molecule has 2 aliphatic rings. The molecule has 0 radical (unpaired) electrons. The maximum atomic E-state index is 13.1. The number of fused-ring (bicyclic) bond motifs is 1. The number of aryl methyl sites for hydroxylation is 1. The largest absolute Gasteiger partial charge is 0.397 e. The van der Waals surface area contributed by atoms with Gasteiger partial charge in [-0.05, 0) is 81.6 Å². The Morgan fingerprint density at radius 1 is 0.907 bits per heavy atom. The summed E-state index contributed by atoms with van der Waals surface area (Å²) in [7, 11) is 0. The van der Waals surface area contributed by atoms with Crippen molar-refractivity contribution in [3.63, 3.8) is 0 Å². The number of nitrogen functional groups attached to an aromatic ring is 1. The Morgan fingerprint density at radius 2 is 1.60 bits per heavy atom. The number of nitrogens with one attached hydrogen (secondary N) is 1. The van der Waals surface area contributed by atoms with E-state index in [0.717, 1.165) is 67.9 Å². The number of para-hydroxylation sites is 1. The van der Waals surface area contributed by atoms with Gasteiger partial charge in [0.25, 0.3) is 5.91 Å². The standard InChI is InChI=1S/C36H44N6O/c1-27(24-28-12-5-2-6-13-28)36(43)39-32-26-33-34(25-31(32)37)42(21-11-20-40-18-9-4-10-19-40)35(38-33)29-16-22-41(23-17-29)30-14-7-3-8-15-30/h2-3,5-8,12-15,25-26,29H,1,4,9-11,16-24,37H2,(H,39,43). The molecule has 43 heavy (non-hydrogen) atoms. The number of hydrogen-bond donors (Lipinski definition) is 2. The van der Waals surface area contributed by atoms with Crippen LogP contribution in [0.1, 0.15) is 55.8 Å². The molecule has 3 heterocycles. The lowest BCUT2D eigenvalue weighted by Crippen LogP contribution is -2.34. The molecule has 0 saturated carbocycles. The van der Waals surface area contributed by atoms with Crippen LogP contribution in [0.25, 0.3) is 11.0 Å². The number of imidazole rings is 1. The van der Waals surface area contributed by atoms with Gasteiger partial charge < -0.3 is 25.4 Å². The maximum absolute atomic E-state index is 13.1. The number of piperidine rings is 2. The Bertz CT molecular complexity index is 1530. The third-order valence-electron chi connectivity index (χ3n) is 9.06. The van der Waals surface area contributed by atoms with Gasteiger partial charge in [-0.2, -0.15) is 0 Å². The lowest BCUT2D eigenvalue weighted by Gasteiger charge is -2.33. The van der Waals surface area contributed by atoms with Crippen LogP contribution in [0.3, 0.4) is 0 Å². The van der Waals surface area contributed by atoms with E-state index in [1.165, 1.54) is 38.0 Å². The summed E-state index contributed by atoms with van der Waals surface area (Å²) in [5.41, 5.74) is 12.5. The van der Waals surface area contributed by atoms with E-state index >= 15 is 0 Å². The lowest BCUT2D eigenvalue weighted by molar-refractivity contribution is -0.112. The minimum Gasteiger partial charge on any atom is -0.397 e. The number of nitrogens with zero attached hydrogens (tertiary/aromatic N) is 4. The van der Waals surface area contributed by atoms with Crippen LogP contribution < -0.4 is 16.0 Å². The van der Waals surface area contributed by atoms with Gasteiger partial charge in [-0.1, -0.05) is 61.5 Å². The van der Waals surface area contributed by atoms with E-state index in [9.17, 15) is 4.79 Å². The molecule has 3 N–H and O–H groups in total. The highest BCUT2D eigenvalue weighted by molar-refractivity contribution is 6.06. The van der Waals surface area contributed by atoms with E-state index in [4.69, 9.17) is 10.7 Å². The molecule has 0 spiro atoms. The van der Waals surface area contributed by atoms with Gasteiger partial charge in [-0.25, -0.2) is 4.98 Å². The Morgan fingerprint density at radius 3 is 2.33 bits per heavy atom. The number of carbonyl (C=O) groups is 1. The molecule has 3 aromatic carbocycles. The molecular formula is C36H44N6O. The van der Waals surface area contributed by atoms with Gasteiger partial charge in [0.05, 0.1) is 22.4 Å². The number of likely N-dealkylation sites (tertiary alicyclic amines) is 1. The highest BCUT2D eigenvalue weighted by Gasteiger charge is 2.26. The summed E-state index contributed by atoms with van der Waals surface area (Å²) in [6.07, 6.45) is 7.66. The fraction of sp³-hybridized carbons (Fsp3) is 0.389. The minimum absolute atomic E-state index is 0.218. The zero-order valence-electron chi connectivity index (χ0n) is 25.2. The molecule has 2 saturated heterocycles. The molecule has 0 aliphatic carbocycles. The van der Waals surface area contributed by atoms with Crippen molar-refractivity contribution in [1.82, 2.24) is 14.5 Å². The summed E-state index contributed by atoms with van der Waals surface area (Å²) in [5.74, 6) is 1.31. The molecule has 2 fully saturated rings. The van der Waals surface area contributed by atoms with Gasteiger partial charge in [0.1, 0.15) is 5.82 Å². The average Bonchev–Trinajstić information content (AvgIpc) is 3.39. The number of anilines is 3. The second kappa shape index (κ2) is 13.5. The second-order valence-corrected chi connectivity index (χ2v) is 12.1. The topological polar surface area (TPSA) is 79.4 Å². The van der Waals surface area contributed by atoms with E-state index in [1.54, 1.807) is 0 Å². The van der Waals surface area contributed by atoms with Gasteiger partial charge in [0.2, 0.25) is 0 Å². The Labute approximate surface area is 255 Å². The van der Waals surface area contributed by atoms with E-state index in [2.05, 4.69) is 56.6 Å². The quantitative estimate of drug-likeness (QED) is 0.164. The number of benzene rings is 3. The molecular weight excluding hydrogens is 532 g/mol. The predicted octanol–water partition coefficient (Wildman–Crippen LogP) is 6.62. The van der Waals surface area contributed by atoms with E-state index in [0.29, 0.717) is 29.3 Å².